The Balaban J connectivity index is 2.19. The molecular weight excluding hydrogens is 252 g/mol. The summed E-state index contributed by atoms with van der Waals surface area (Å²) in [4.78, 5) is 21.0. The van der Waals surface area contributed by atoms with E-state index in [9.17, 15) is 14.9 Å². The summed E-state index contributed by atoms with van der Waals surface area (Å²) in [5.41, 5.74) is 0.992. The molecule has 0 saturated heterocycles. The number of nitrogens with zero attached hydrogens (tertiary/aromatic N) is 1. The molecule has 104 valence electrons. The number of nitro benzene ring substituents is 1. The quantitative estimate of drug-likeness (QED) is 0.325. The highest BCUT2D eigenvalue weighted by molar-refractivity contribution is 5.70. The van der Waals surface area contributed by atoms with Crippen LogP contribution in [0.15, 0.2) is 24.3 Å². The van der Waals surface area contributed by atoms with Crippen molar-refractivity contribution < 1.29 is 19.2 Å². The summed E-state index contributed by atoms with van der Waals surface area (Å²) in [5.74, 6) is -0.403. The lowest BCUT2D eigenvalue weighted by molar-refractivity contribution is -0.384. The highest BCUT2D eigenvalue weighted by atomic mass is 16.6. The molecule has 1 aromatic carbocycles. The molecule has 0 fully saturated rings. The van der Waals surface area contributed by atoms with Gasteiger partial charge in [-0.3, -0.25) is 10.1 Å². The SMILES string of the molecule is COCC(=O)OCCNCc1ccc([N+](=O)[O-])cc1. The van der Waals surface area contributed by atoms with Crippen molar-refractivity contribution in [1.29, 1.82) is 0 Å². The van der Waals surface area contributed by atoms with Gasteiger partial charge in [-0.2, -0.15) is 0 Å². The zero-order valence-electron chi connectivity index (χ0n) is 10.6. The Morgan fingerprint density at radius 2 is 2.05 bits per heavy atom. The number of esters is 1. The van der Waals surface area contributed by atoms with Gasteiger partial charge in [0.15, 0.2) is 0 Å². The van der Waals surface area contributed by atoms with Crippen molar-refractivity contribution in [2.24, 2.45) is 0 Å². The second-order valence-corrected chi connectivity index (χ2v) is 3.75. The Hall–Kier alpha value is -1.99. The lowest BCUT2D eigenvalue weighted by atomic mass is 10.2. The third-order valence-corrected chi connectivity index (χ3v) is 2.28. The van der Waals surface area contributed by atoms with Crippen LogP contribution in [-0.4, -0.2) is 37.8 Å². The Bertz CT molecular complexity index is 419. The van der Waals surface area contributed by atoms with E-state index in [4.69, 9.17) is 4.74 Å². The number of hydrogen-bond acceptors (Lipinski definition) is 6. The number of benzene rings is 1. The molecule has 0 atom stereocenters. The summed E-state index contributed by atoms with van der Waals surface area (Å²) in [6.07, 6.45) is 0. The molecule has 0 heterocycles. The maximum Gasteiger partial charge on any atom is 0.332 e. The van der Waals surface area contributed by atoms with Crippen molar-refractivity contribution in [1.82, 2.24) is 5.32 Å². The first-order valence-corrected chi connectivity index (χ1v) is 5.72. The molecule has 1 N–H and O–H groups in total. The second kappa shape index (κ2) is 8.17. The molecule has 0 unspecified atom stereocenters. The molecule has 1 aromatic rings. The first-order valence-electron chi connectivity index (χ1n) is 5.72. The normalized spacial score (nSPS) is 10.2. The van der Waals surface area contributed by atoms with Crippen molar-refractivity contribution >= 4 is 11.7 Å². The largest absolute Gasteiger partial charge is 0.463 e. The van der Waals surface area contributed by atoms with Gasteiger partial charge in [0.05, 0.1) is 4.92 Å². The number of non-ortho nitro benzene ring substituents is 1. The van der Waals surface area contributed by atoms with Gasteiger partial charge >= 0.3 is 5.97 Å². The fourth-order valence-electron chi connectivity index (χ4n) is 1.36. The third kappa shape index (κ3) is 5.94. The van der Waals surface area contributed by atoms with Gasteiger partial charge in [0.25, 0.3) is 5.69 Å². The van der Waals surface area contributed by atoms with Gasteiger partial charge in [-0.05, 0) is 5.56 Å². The summed E-state index contributed by atoms with van der Waals surface area (Å²) >= 11 is 0. The predicted molar refractivity (Wildman–Crippen MR) is 67.6 cm³/mol. The zero-order chi connectivity index (χ0) is 14.1. The Morgan fingerprint density at radius 3 is 2.63 bits per heavy atom. The smallest absolute Gasteiger partial charge is 0.332 e. The first-order chi connectivity index (χ1) is 9.13. The topological polar surface area (TPSA) is 90.7 Å². The lowest BCUT2D eigenvalue weighted by Gasteiger charge is -2.06. The molecule has 0 radical (unpaired) electrons. The number of nitro groups is 1. The van der Waals surface area contributed by atoms with Crippen LogP contribution < -0.4 is 5.32 Å². The molecule has 0 saturated carbocycles. The zero-order valence-corrected chi connectivity index (χ0v) is 10.6. The molecule has 7 heteroatoms. The van der Waals surface area contributed by atoms with E-state index < -0.39 is 10.9 Å². The molecule has 0 aliphatic rings. The molecule has 7 nitrogen and oxygen atoms in total. The van der Waals surface area contributed by atoms with Crippen LogP contribution in [0.4, 0.5) is 5.69 Å². The van der Waals surface area contributed by atoms with E-state index in [1.54, 1.807) is 12.1 Å². The van der Waals surface area contributed by atoms with Gasteiger partial charge in [0, 0.05) is 32.3 Å². The van der Waals surface area contributed by atoms with Crippen molar-refractivity contribution in [3.8, 4) is 0 Å². The fraction of sp³-hybridized carbons (Fsp3) is 0.417. The van der Waals surface area contributed by atoms with Gasteiger partial charge in [-0.1, -0.05) is 12.1 Å². The van der Waals surface area contributed by atoms with E-state index in [-0.39, 0.29) is 18.9 Å². The summed E-state index contributed by atoms with van der Waals surface area (Å²) in [6, 6.07) is 6.27. The fourth-order valence-corrected chi connectivity index (χ4v) is 1.36. The Kier molecular flexibility index (Phi) is 6.48. The molecule has 0 aliphatic carbocycles. The Morgan fingerprint density at radius 1 is 1.37 bits per heavy atom. The minimum absolute atomic E-state index is 0.0532. The van der Waals surface area contributed by atoms with Crippen LogP contribution in [0.1, 0.15) is 5.56 Å². The lowest BCUT2D eigenvalue weighted by Crippen LogP contribution is -2.22. The van der Waals surface area contributed by atoms with Crippen molar-refractivity contribution in [3.05, 3.63) is 39.9 Å². The van der Waals surface area contributed by atoms with Crippen LogP contribution in [0, 0.1) is 10.1 Å². The highest BCUT2D eigenvalue weighted by Crippen LogP contribution is 2.11. The highest BCUT2D eigenvalue weighted by Gasteiger charge is 2.04. The summed E-state index contributed by atoms with van der Waals surface area (Å²) < 4.78 is 9.47. The number of rotatable bonds is 8. The van der Waals surface area contributed by atoms with E-state index in [0.29, 0.717) is 13.1 Å². The minimum Gasteiger partial charge on any atom is -0.463 e. The number of ether oxygens (including phenoxy) is 2. The average molecular weight is 268 g/mol. The molecule has 0 aliphatic heterocycles. The van der Waals surface area contributed by atoms with Crippen molar-refractivity contribution in [2.45, 2.75) is 6.54 Å². The van der Waals surface area contributed by atoms with Crippen LogP contribution in [0.5, 0.6) is 0 Å². The number of nitrogens with one attached hydrogen (secondary N) is 1. The predicted octanol–water partition coefficient (Wildman–Crippen LogP) is 0.874. The van der Waals surface area contributed by atoms with Gasteiger partial charge in [-0.15, -0.1) is 0 Å². The van der Waals surface area contributed by atoms with Crippen molar-refractivity contribution in [2.75, 3.05) is 26.9 Å². The van der Waals surface area contributed by atoms with Crippen LogP contribution in [-0.2, 0) is 20.8 Å². The van der Waals surface area contributed by atoms with E-state index >= 15 is 0 Å². The minimum atomic E-state index is -0.438. The van der Waals surface area contributed by atoms with Gasteiger partial charge < -0.3 is 14.8 Å². The molecule has 0 spiro atoms. The molecule has 0 aromatic heterocycles. The van der Waals surface area contributed by atoms with E-state index in [2.05, 4.69) is 10.1 Å². The summed E-state index contributed by atoms with van der Waals surface area (Å²) in [5, 5.41) is 13.5. The van der Waals surface area contributed by atoms with Gasteiger partial charge in [-0.25, -0.2) is 4.79 Å². The van der Waals surface area contributed by atoms with Crippen LogP contribution in [0.2, 0.25) is 0 Å². The van der Waals surface area contributed by atoms with E-state index in [0.717, 1.165) is 5.56 Å². The van der Waals surface area contributed by atoms with E-state index in [1.165, 1.54) is 19.2 Å². The van der Waals surface area contributed by atoms with Gasteiger partial charge in [0.2, 0.25) is 0 Å². The number of methoxy groups -OCH3 is 1. The van der Waals surface area contributed by atoms with Crippen LogP contribution in [0.25, 0.3) is 0 Å². The summed E-state index contributed by atoms with van der Waals surface area (Å²) in [7, 11) is 1.42. The van der Waals surface area contributed by atoms with E-state index in [1.807, 2.05) is 0 Å². The number of carbonyl (C=O) groups is 1. The Labute approximate surface area is 110 Å². The van der Waals surface area contributed by atoms with Crippen molar-refractivity contribution in [3.63, 3.8) is 0 Å². The molecule has 0 bridgehead atoms. The maximum atomic E-state index is 10.9. The van der Waals surface area contributed by atoms with Crippen LogP contribution >= 0.6 is 0 Å². The third-order valence-electron chi connectivity index (χ3n) is 2.28. The summed E-state index contributed by atoms with van der Waals surface area (Å²) in [6.45, 7) is 1.27. The van der Waals surface area contributed by atoms with Crippen LogP contribution in [0.3, 0.4) is 0 Å². The standard InChI is InChI=1S/C12H16N2O5/c1-18-9-12(15)19-7-6-13-8-10-2-4-11(5-3-10)14(16)17/h2-5,13H,6-9H2,1H3. The maximum absolute atomic E-state index is 10.9. The number of hydrogen-bond donors (Lipinski definition) is 1. The average Bonchev–Trinajstić information content (AvgIpc) is 2.39. The molecule has 19 heavy (non-hydrogen) atoms. The number of carbonyl (C=O) groups excluding carboxylic acids is 1. The monoisotopic (exact) mass is 268 g/mol. The molecular formula is C12H16N2O5. The molecule has 1 rings (SSSR count). The second-order valence-electron chi connectivity index (χ2n) is 3.75. The molecule has 0 amide bonds. The first kappa shape index (κ1) is 15.1. The van der Waals surface area contributed by atoms with Gasteiger partial charge in [0.1, 0.15) is 13.2 Å².